The molecule has 2 N–H and O–H groups in total. The number of thiocarbonyl (C=S) groups is 1. The van der Waals surface area contributed by atoms with E-state index in [1.165, 1.54) is 0 Å². The van der Waals surface area contributed by atoms with E-state index >= 15 is 0 Å². The molecule has 204 valence electrons. The molecule has 8 nitrogen and oxygen atoms in total. The van der Waals surface area contributed by atoms with Crippen molar-refractivity contribution in [2.75, 3.05) is 18.7 Å². The molecule has 40 heavy (non-hydrogen) atoms. The summed E-state index contributed by atoms with van der Waals surface area (Å²) in [5.41, 5.74) is 7.04. The molecule has 1 amide bonds. The Labute approximate surface area is 238 Å². The Bertz CT molecular complexity index is 1590. The van der Waals surface area contributed by atoms with Crippen molar-refractivity contribution in [2.24, 2.45) is 0 Å². The van der Waals surface area contributed by atoms with Gasteiger partial charge in [-0.15, -0.1) is 0 Å². The summed E-state index contributed by atoms with van der Waals surface area (Å²) in [7, 11) is 0. The van der Waals surface area contributed by atoms with E-state index in [1.54, 1.807) is 6.20 Å². The van der Waals surface area contributed by atoms with Crippen molar-refractivity contribution in [2.45, 2.75) is 39.3 Å². The topological polar surface area (TPSA) is 80.7 Å². The fourth-order valence-corrected chi connectivity index (χ4v) is 5.97. The van der Waals surface area contributed by atoms with E-state index in [-0.39, 0.29) is 24.8 Å². The van der Waals surface area contributed by atoms with Gasteiger partial charge in [-0.1, -0.05) is 24.3 Å². The molecule has 4 heterocycles. The van der Waals surface area contributed by atoms with Gasteiger partial charge in [0.15, 0.2) is 16.6 Å². The number of para-hydroxylation sites is 1. The maximum Gasteiger partial charge on any atom is 0.231 e. The first kappa shape index (κ1) is 25.9. The van der Waals surface area contributed by atoms with E-state index < -0.39 is 0 Å². The van der Waals surface area contributed by atoms with E-state index in [9.17, 15) is 4.79 Å². The van der Waals surface area contributed by atoms with E-state index in [0.717, 1.165) is 51.1 Å². The van der Waals surface area contributed by atoms with E-state index in [2.05, 4.69) is 45.0 Å². The summed E-state index contributed by atoms with van der Waals surface area (Å²) in [5, 5.41) is 7.15. The van der Waals surface area contributed by atoms with Gasteiger partial charge in [0.05, 0.1) is 17.8 Å². The molecule has 2 atom stereocenters. The van der Waals surface area contributed by atoms with Crippen LogP contribution in [0.15, 0.2) is 72.9 Å². The van der Waals surface area contributed by atoms with Crippen LogP contribution in [-0.2, 0) is 4.79 Å². The number of hydrogen-bond acceptors (Lipinski definition) is 5. The first-order valence-electron chi connectivity index (χ1n) is 13.3. The number of carbonyl (C=O) groups excluding carboxylic acids is 1. The molecule has 2 aliphatic rings. The van der Waals surface area contributed by atoms with Crippen molar-refractivity contribution < 1.29 is 14.3 Å². The van der Waals surface area contributed by atoms with Gasteiger partial charge >= 0.3 is 0 Å². The third-order valence-electron chi connectivity index (χ3n) is 7.60. The molecule has 0 spiro atoms. The Morgan fingerprint density at radius 3 is 2.65 bits per heavy atom. The highest BCUT2D eigenvalue weighted by Gasteiger charge is 2.41. The number of rotatable bonds is 7. The number of pyridine rings is 1. The fourth-order valence-electron chi connectivity index (χ4n) is 5.64. The van der Waals surface area contributed by atoms with Crippen molar-refractivity contribution in [3.63, 3.8) is 0 Å². The lowest BCUT2D eigenvalue weighted by Gasteiger charge is -2.28. The van der Waals surface area contributed by atoms with Crippen LogP contribution in [0, 0.1) is 20.8 Å². The average molecular weight is 554 g/mol. The second-order valence-electron chi connectivity index (χ2n) is 10.1. The molecule has 4 aromatic rings. The van der Waals surface area contributed by atoms with Crippen molar-refractivity contribution in [3.05, 3.63) is 101 Å². The number of aryl methyl sites for hydroxylation is 2. The van der Waals surface area contributed by atoms with E-state index in [4.69, 9.17) is 21.7 Å². The number of aromatic nitrogens is 2. The number of benzene rings is 2. The molecule has 2 aromatic carbocycles. The molecule has 0 bridgehead atoms. The lowest BCUT2D eigenvalue weighted by molar-refractivity contribution is -0.116. The average Bonchev–Trinajstić information content (AvgIpc) is 3.63. The van der Waals surface area contributed by atoms with Gasteiger partial charge in [-0.05, 0) is 80.5 Å². The predicted octanol–water partition coefficient (Wildman–Crippen LogP) is 5.53. The molecule has 2 aliphatic heterocycles. The second-order valence-corrected chi connectivity index (χ2v) is 10.5. The van der Waals surface area contributed by atoms with Gasteiger partial charge in [0.25, 0.3) is 0 Å². The van der Waals surface area contributed by atoms with Crippen molar-refractivity contribution in [1.82, 2.24) is 19.8 Å². The zero-order valence-corrected chi connectivity index (χ0v) is 23.5. The van der Waals surface area contributed by atoms with Crippen LogP contribution >= 0.6 is 12.2 Å². The van der Waals surface area contributed by atoms with Gasteiger partial charge in [-0.2, -0.15) is 0 Å². The normalized spacial score (nSPS) is 17.7. The van der Waals surface area contributed by atoms with Gasteiger partial charge in [0.1, 0.15) is 0 Å². The Kier molecular flexibility index (Phi) is 6.89. The molecular weight excluding hydrogens is 522 g/mol. The number of nitrogens with zero attached hydrogens (tertiary/aromatic N) is 3. The third kappa shape index (κ3) is 4.77. The number of amides is 1. The summed E-state index contributed by atoms with van der Waals surface area (Å²) in [4.78, 5) is 19.8. The van der Waals surface area contributed by atoms with Crippen molar-refractivity contribution >= 4 is 28.9 Å². The maximum absolute atomic E-state index is 13.0. The number of ether oxygens (including phenoxy) is 2. The lowest BCUT2D eigenvalue weighted by Crippen LogP contribution is -2.33. The van der Waals surface area contributed by atoms with Crippen molar-refractivity contribution in [1.29, 1.82) is 0 Å². The van der Waals surface area contributed by atoms with Gasteiger partial charge in [-0.25, -0.2) is 0 Å². The summed E-state index contributed by atoms with van der Waals surface area (Å²) in [5.74, 6) is 1.44. The standard InChI is InChI=1S/C31H31N5O3S/c1-19-8-4-5-9-24(19)33-28(37)13-15-35-30(29(34-31(35)40)25-10-6-7-14-32-25)23-16-20(2)36(21(23)3)22-11-12-26-27(17-22)39-18-38-26/h4-12,14,16-17,29-30H,13,15,18H2,1-3H3,(H,33,37)(H,34,40)/t29-,30-/m1/s1. The Hall–Kier alpha value is -4.37. The van der Waals surface area contributed by atoms with Crippen molar-refractivity contribution in [3.8, 4) is 17.2 Å². The van der Waals surface area contributed by atoms with Crippen LogP contribution in [0.3, 0.4) is 0 Å². The Morgan fingerprint density at radius 2 is 1.85 bits per heavy atom. The summed E-state index contributed by atoms with van der Waals surface area (Å²) < 4.78 is 13.4. The molecule has 2 aromatic heterocycles. The molecule has 0 radical (unpaired) electrons. The van der Waals surface area contributed by atoms with Gasteiger partial charge < -0.3 is 29.6 Å². The molecule has 0 aliphatic carbocycles. The van der Waals surface area contributed by atoms with Crippen LogP contribution in [0.2, 0.25) is 0 Å². The summed E-state index contributed by atoms with van der Waals surface area (Å²) in [6, 6.07) is 21.6. The summed E-state index contributed by atoms with van der Waals surface area (Å²) in [6.07, 6.45) is 2.09. The first-order valence-corrected chi connectivity index (χ1v) is 13.7. The molecule has 9 heteroatoms. The van der Waals surface area contributed by atoms with Crippen LogP contribution in [0.25, 0.3) is 5.69 Å². The summed E-state index contributed by atoms with van der Waals surface area (Å²) in [6.45, 7) is 6.89. The minimum atomic E-state index is -0.168. The number of anilines is 1. The SMILES string of the molecule is Cc1ccccc1NC(=O)CCN1C(=S)N[C@H](c2ccccn2)[C@H]1c1cc(C)n(-c2ccc3c(c2)OCO3)c1C. The van der Waals surface area contributed by atoms with Gasteiger partial charge in [-0.3, -0.25) is 9.78 Å². The maximum atomic E-state index is 13.0. The quantitative estimate of drug-likeness (QED) is 0.292. The first-order chi connectivity index (χ1) is 19.4. The van der Waals surface area contributed by atoms with Crippen LogP contribution in [-0.4, -0.2) is 38.8 Å². The van der Waals surface area contributed by atoms with Crippen LogP contribution in [0.1, 0.15) is 46.7 Å². The zero-order valence-electron chi connectivity index (χ0n) is 22.7. The van der Waals surface area contributed by atoms with Crippen LogP contribution in [0.4, 0.5) is 5.69 Å². The molecule has 0 unspecified atom stereocenters. The molecule has 6 rings (SSSR count). The third-order valence-corrected chi connectivity index (χ3v) is 7.95. The number of nitrogens with one attached hydrogen (secondary N) is 2. The number of hydrogen-bond donors (Lipinski definition) is 2. The Balaban J connectivity index is 1.33. The molecule has 1 saturated heterocycles. The largest absolute Gasteiger partial charge is 0.454 e. The highest BCUT2D eigenvalue weighted by atomic mass is 32.1. The highest BCUT2D eigenvalue weighted by Crippen LogP contribution is 2.42. The second kappa shape index (κ2) is 10.7. The smallest absolute Gasteiger partial charge is 0.231 e. The fraction of sp³-hybridized carbons (Fsp3) is 0.258. The zero-order chi connectivity index (χ0) is 27.8. The highest BCUT2D eigenvalue weighted by molar-refractivity contribution is 7.80. The van der Waals surface area contributed by atoms with Crippen LogP contribution < -0.4 is 20.1 Å². The van der Waals surface area contributed by atoms with E-state index in [1.807, 2.05) is 67.6 Å². The summed E-state index contributed by atoms with van der Waals surface area (Å²) >= 11 is 5.85. The number of fused-ring (bicyclic) bond motifs is 1. The van der Waals surface area contributed by atoms with Gasteiger partial charge in [0, 0.05) is 48.0 Å². The Morgan fingerprint density at radius 1 is 1.05 bits per heavy atom. The minimum absolute atomic E-state index is 0.0528. The lowest BCUT2D eigenvalue weighted by atomic mass is 9.96. The monoisotopic (exact) mass is 553 g/mol. The van der Waals surface area contributed by atoms with Gasteiger partial charge in [0.2, 0.25) is 12.7 Å². The van der Waals surface area contributed by atoms with E-state index in [0.29, 0.717) is 18.1 Å². The van der Waals surface area contributed by atoms with Crippen LogP contribution in [0.5, 0.6) is 11.5 Å². The molecular formula is C31H31N5O3S. The number of carbonyl (C=O) groups is 1. The molecule has 0 saturated carbocycles. The minimum Gasteiger partial charge on any atom is -0.454 e. The molecule has 1 fully saturated rings. The predicted molar refractivity (Wildman–Crippen MR) is 158 cm³/mol.